The van der Waals surface area contributed by atoms with Crippen LogP contribution in [-0.2, 0) is 6.61 Å². The highest BCUT2D eigenvalue weighted by molar-refractivity contribution is 5.85. The Balaban J connectivity index is 0.00000264. The molecule has 0 radical (unpaired) electrons. The summed E-state index contributed by atoms with van der Waals surface area (Å²) in [5, 5.41) is 9.31. The summed E-state index contributed by atoms with van der Waals surface area (Å²) >= 11 is 0. The Morgan fingerprint density at radius 2 is 1.57 bits per heavy atom. The number of ether oxygens (including phenoxy) is 1. The second-order valence-corrected chi connectivity index (χ2v) is 4.82. The first kappa shape index (κ1) is 19.3. The van der Waals surface area contributed by atoms with Crippen molar-refractivity contribution >= 4 is 12.4 Å². The highest BCUT2D eigenvalue weighted by atomic mass is 35.5. The first-order valence-electron chi connectivity index (χ1n) is 6.65. The molecule has 126 valence electrons. The molecule has 0 aliphatic carbocycles. The summed E-state index contributed by atoms with van der Waals surface area (Å²) in [7, 11) is 0. The van der Waals surface area contributed by atoms with E-state index in [1.807, 2.05) is 30.3 Å². The van der Waals surface area contributed by atoms with E-state index in [4.69, 9.17) is 10.5 Å². The molecule has 2 aromatic rings. The van der Waals surface area contributed by atoms with Gasteiger partial charge in [-0.1, -0.05) is 48.5 Å². The predicted octanol–water partition coefficient (Wildman–Crippen LogP) is 3.61. The highest BCUT2D eigenvalue weighted by Crippen LogP contribution is 2.33. The van der Waals surface area contributed by atoms with E-state index in [0.29, 0.717) is 0 Å². The van der Waals surface area contributed by atoms with Crippen LogP contribution >= 0.6 is 12.4 Å². The van der Waals surface area contributed by atoms with Crippen molar-refractivity contribution in [2.45, 2.75) is 24.9 Å². The van der Waals surface area contributed by atoms with Gasteiger partial charge in [0.2, 0.25) is 0 Å². The van der Waals surface area contributed by atoms with Gasteiger partial charge in [-0.3, -0.25) is 0 Å². The Hall–Kier alpha value is -1.76. The smallest absolute Gasteiger partial charge is 0.416 e. The fourth-order valence-electron chi connectivity index (χ4n) is 2.00. The van der Waals surface area contributed by atoms with Crippen LogP contribution in [0.25, 0.3) is 0 Å². The number of aliphatic hydroxyl groups excluding tert-OH is 1. The Bertz CT molecular complexity index is 608. The van der Waals surface area contributed by atoms with Gasteiger partial charge in [0.1, 0.15) is 12.4 Å². The van der Waals surface area contributed by atoms with Crippen molar-refractivity contribution < 1.29 is 23.0 Å². The summed E-state index contributed by atoms with van der Waals surface area (Å²) in [4.78, 5) is 0. The van der Waals surface area contributed by atoms with Gasteiger partial charge >= 0.3 is 6.18 Å². The zero-order valence-corrected chi connectivity index (χ0v) is 12.8. The normalized spacial score (nSPS) is 13.8. The van der Waals surface area contributed by atoms with Crippen LogP contribution in [0.5, 0.6) is 5.75 Å². The topological polar surface area (TPSA) is 55.5 Å². The molecule has 0 aliphatic heterocycles. The number of alkyl halides is 3. The molecule has 0 bridgehead atoms. The van der Waals surface area contributed by atoms with Crippen LogP contribution in [0.4, 0.5) is 13.2 Å². The van der Waals surface area contributed by atoms with Crippen LogP contribution in [0.3, 0.4) is 0 Å². The van der Waals surface area contributed by atoms with Gasteiger partial charge in [-0.05, 0) is 11.6 Å². The molecule has 0 amide bonds. The SMILES string of the molecule is Cl.N[C@H](c1ccccc1OCc1ccccc1)[C@@H](O)C(F)(F)F. The van der Waals surface area contributed by atoms with Gasteiger partial charge in [-0.25, -0.2) is 0 Å². The minimum Gasteiger partial charge on any atom is -0.489 e. The van der Waals surface area contributed by atoms with Crippen LogP contribution < -0.4 is 10.5 Å². The Kier molecular flexibility index (Phi) is 6.87. The summed E-state index contributed by atoms with van der Waals surface area (Å²) in [6.45, 7) is 0.201. The summed E-state index contributed by atoms with van der Waals surface area (Å²) in [6.07, 6.45) is -7.43. The van der Waals surface area contributed by atoms with Gasteiger partial charge < -0.3 is 15.6 Å². The molecule has 0 saturated carbocycles. The molecule has 3 N–H and O–H groups in total. The van der Waals surface area contributed by atoms with Gasteiger partial charge in [0.05, 0.1) is 6.04 Å². The summed E-state index contributed by atoms with van der Waals surface area (Å²) in [6, 6.07) is 13.7. The fourth-order valence-corrected chi connectivity index (χ4v) is 2.00. The van der Waals surface area contributed by atoms with Crippen LogP contribution in [-0.4, -0.2) is 17.4 Å². The van der Waals surface area contributed by atoms with Crippen molar-refractivity contribution in [3.8, 4) is 5.75 Å². The minimum atomic E-state index is -4.79. The Morgan fingerprint density at radius 3 is 2.17 bits per heavy atom. The van der Waals surface area contributed by atoms with E-state index >= 15 is 0 Å². The predicted molar refractivity (Wildman–Crippen MR) is 83.5 cm³/mol. The number of hydrogen-bond acceptors (Lipinski definition) is 3. The van der Waals surface area contributed by atoms with E-state index in [1.165, 1.54) is 12.1 Å². The lowest BCUT2D eigenvalue weighted by molar-refractivity contribution is -0.210. The molecule has 2 rings (SSSR count). The number of halogens is 4. The van der Waals surface area contributed by atoms with Crippen molar-refractivity contribution in [2.24, 2.45) is 5.73 Å². The van der Waals surface area contributed by atoms with Gasteiger partial charge in [0.25, 0.3) is 0 Å². The van der Waals surface area contributed by atoms with Gasteiger partial charge in [-0.2, -0.15) is 13.2 Å². The number of aliphatic hydroxyl groups is 1. The molecule has 0 aliphatic rings. The lowest BCUT2D eigenvalue weighted by Crippen LogP contribution is -2.39. The molecule has 7 heteroatoms. The van der Waals surface area contributed by atoms with E-state index in [0.717, 1.165) is 5.56 Å². The fraction of sp³-hybridized carbons (Fsp3) is 0.250. The summed E-state index contributed by atoms with van der Waals surface area (Å²) < 4.78 is 43.3. The van der Waals surface area contributed by atoms with E-state index in [9.17, 15) is 18.3 Å². The monoisotopic (exact) mass is 347 g/mol. The lowest BCUT2D eigenvalue weighted by atomic mass is 10.0. The van der Waals surface area contributed by atoms with Crippen molar-refractivity contribution in [1.82, 2.24) is 0 Å². The van der Waals surface area contributed by atoms with Crippen molar-refractivity contribution in [3.05, 3.63) is 65.7 Å². The largest absolute Gasteiger partial charge is 0.489 e. The molecule has 0 heterocycles. The maximum atomic E-state index is 12.6. The molecule has 3 nitrogen and oxygen atoms in total. The van der Waals surface area contributed by atoms with Gasteiger partial charge in [0, 0.05) is 5.56 Å². The third-order valence-corrected chi connectivity index (χ3v) is 3.19. The molecular formula is C16H17ClF3NO2. The Labute approximate surface area is 138 Å². The first-order valence-corrected chi connectivity index (χ1v) is 6.65. The second kappa shape index (κ2) is 8.19. The van der Waals surface area contributed by atoms with Crippen LogP contribution in [0.2, 0.25) is 0 Å². The quantitative estimate of drug-likeness (QED) is 0.868. The molecular weight excluding hydrogens is 331 g/mol. The second-order valence-electron chi connectivity index (χ2n) is 4.82. The van der Waals surface area contributed by atoms with Crippen LogP contribution in [0, 0.1) is 0 Å². The number of rotatable bonds is 5. The third-order valence-electron chi connectivity index (χ3n) is 3.19. The zero-order valence-electron chi connectivity index (χ0n) is 12.0. The first-order chi connectivity index (χ1) is 10.4. The maximum Gasteiger partial charge on any atom is 0.416 e. The minimum absolute atomic E-state index is 0. The van der Waals surface area contributed by atoms with Crippen molar-refractivity contribution in [2.75, 3.05) is 0 Å². The summed E-state index contributed by atoms with van der Waals surface area (Å²) in [5.41, 5.74) is 6.54. The van der Waals surface area contributed by atoms with E-state index in [2.05, 4.69) is 0 Å². The van der Waals surface area contributed by atoms with Gasteiger partial charge in [0.15, 0.2) is 6.10 Å². The molecule has 0 saturated heterocycles. The molecule has 2 atom stereocenters. The summed E-state index contributed by atoms with van der Waals surface area (Å²) in [5.74, 6) is 0.224. The standard InChI is InChI=1S/C16H16F3NO2.ClH/c17-16(18,19)15(21)14(20)12-8-4-5-9-13(12)22-10-11-6-2-1-3-7-11;/h1-9,14-15,21H,10,20H2;1H/t14-,15-;/m1./s1. The highest BCUT2D eigenvalue weighted by Gasteiger charge is 2.43. The molecule has 2 aromatic carbocycles. The third kappa shape index (κ3) is 5.13. The van der Waals surface area contributed by atoms with Crippen LogP contribution in [0.15, 0.2) is 54.6 Å². The molecule has 0 unspecified atom stereocenters. The number of hydrogen-bond donors (Lipinski definition) is 2. The number of benzene rings is 2. The Morgan fingerprint density at radius 1 is 1.00 bits per heavy atom. The van der Waals surface area contributed by atoms with Crippen molar-refractivity contribution in [3.63, 3.8) is 0 Å². The van der Waals surface area contributed by atoms with E-state index in [1.54, 1.807) is 12.1 Å². The van der Waals surface area contributed by atoms with E-state index in [-0.39, 0.29) is 30.3 Å². The molecule has 0 spiro atoms. The average Bonchev–Trinajstić information content (AvgIpc) is 2.52. The maximum absolute atomic E-state index is 12.6. The lowest BCUT2D eigenvalue weighted by Gasteiger charge is -2.23. The number of nitrogens with two attached hydrogens (primary N) is 1. The molecule has 0 aromatic heterocycles. The molecule has 0 fully saturated rings. The molecule has 23 heavy (non-hydrogen) atoms. The number of para-hydroxylation sites is 1. The van der Waals surface area contributed by atoms with Crippen molar-refractivity contribution in [1.29, 1.82) is 0 Å². The van der Waals surface area contributed by atoms with Gasteiger partial charge in [-0.15, -0.1) is 12.4 Å². The van der Waals surface area contributed by atoms with E-state index < -0.39 is 18.3 Å². The average molecular weight is 348 g/mol. The van der Waals surface area contributed by atoms with Crippen LogP contribution in [0.1, 0.15) is 17.2 Å². The zero-order chi connectivity index (χ0) is 16.2.